The summed E-state index contributed by atoms with van der Waals surface area (Å²) in [5.41, 5.74) is 6.55. The lowest BCUT2D eigenvalue weighted by molar-refractivity contribution is -1.92. The fourth-order valence-corrected chi connectivity index (χ4v) is 4.13. The Morgan fingerprint density at radius 2 is 1.72 bits per heavy atom. The monoisotopic (exact) mass is 514 g/mol. The molecule has 9 nitrogen and oxygen atoms in total. The lowest BCUT2D eigenvalue weighted by Gasteiger charge is -2.18. The highest BCUT2D eigenvalue weighted by Gasteiger charge is 2.21. The van der Waals surface area contributed by atoms with Crippen LogP contribution >= 0.6 is 0 Å². The molecule has 10 heteroatoms. The van der Waals surface area contributed by atoms with Gasteiger partial charge in [0.25, 0.3) is 0 Å². The summed E-state index contributed by atoms with van der Waals surface area (Å²) in [5.74, 6) is -0.267. The van der Waals surface area contributed by atoms with Gasteiger partial charge in [-0.25, -0.2) is 4.79 Å². The normalized spacial score (nSPS) is 11.9. The number of rotatable bonds is 5. The standard InChI is InChI=1S/C26H26N2O3.ClHO4/c1-5-27-21-13-23-17(11-15(21)3)12-20-24(31-23)14-22(28-6-2)16(4)25(20)18-9-7-8-10-19(18)26(29)30;2-1(3,4)5/h7-14,27H,5-6H2,1-4H3,(H,29,30);(H,2,3,4,5)/b28-22+;. The van der Waals surface area contributed by atoms with Crippen molar-refractivity contribution in [3.63, 3.8) is 0 Å². The summed E-state index contributed by atoms with van der Waals surface area (Å²) in [6.07, 6.45) is 0. The second-order valence-electron chi connectivity index (χ2n) is 8.01. The molecule has 1 aliphatic heterocycles. The summed E-state index contributed by atoms with van der Waals surface area (Å²) in [7, 11) is -4.69. The summed E-state index contributed by atoms with van der Waals surface area (Å²) in [4.78, 5) is 16.6. The van der Waals surface area contributed by atoms with Gasteiger partial charge in [-0.15, -0.1) is 0 Å². The van der Waals surface area contributed by atoms with E-state index in [1.54, 1.807) is 12.1 Å². The van der Waals surface area contributed by atoms with Crippen molar-refractivity contribution in [2.45, 2.75) is 27.7 Å². The Labute approximate surface area is 210 Å². The molecule has 0 saturated heterocycles. The summed E-state index contributed by atoms with van der Waals surface area (Å²) < 4.78 is 39.1. The van der Waals surface area contributed by atoms with Crippen LogP contribution < -0.4 is 24.7 Å². The second-order valence-corrected chi connectivity index (χ2v) is 8.80. The van der Waals surface area contributed by atoms with Crippen LogP contribution in [-0.2, 0) is 0 Å². The predicted octanol–water partition coefficient (Wildman–Crippen LogP) is 1.75. The molecule has 0 unspecified atom stereocenters. The first-order valence-corrected chi connectivity index (χ1v) is 12.4. The van der Waals surface area contributed by atoms with Crippen molar-refractivity contribution in [1.82, 2.24) is 0 Å². The summed E-state index contributed by atoms with van der Waals surface area (Å²) >= 11 is 0. The van der Waals surface area contributed by atoms with Gasteiger partial charge >= 0.3 is 5.97 Å². The molecule has 190 valence electrons. The first-order valence-electron chi connectivity index (χ1n) is 11.2. The number of anilines is 1. The number of nitrogens with one attached hydrogen (secondary N) is 1. The molecule has 0 bridgehead atoms. The molecule has 0 saturated carbocycles. The van der Waals surface area contributed by atoms with Crippen molar-refractivity contribution in [2.24, 2.45) is 4.99 Å². The van der Waals surface area contributed by atoms with Gasteiger partial charge < -0.3 is 14.8 Å². The number of fused-ring (bicyclic) bond motifs is 2. The summed E-state index contributed by atoms with van der Waals surface area (Å²) in [5, 5.41) is 15.0. The van der Waals surface area contributed by atoms with E-state index < -0.39 is 16.2 Å². The van der Waals surface area contributed by atoms with Crippen LogP contribution in [0.25, 0.3) is 33.4 Å². The molecule has 3 N–H and O–H groups in total. The highest BCUT2D eigenvalue weighted by atomic mass is 35.7. The fraction of sp³-hybridized carbons (Fsp3) is 0.231. The largest absolute Gasteiger partial charge is 0.478 e. The number of halogens is 1. The SMILES string of the molecule is CC/N=c1\cc2oc3cc(NCC)c(C)cc3cc-2c(-c2ccccc2C(=O)O)c1C.[O-][Cl+3]([O-])([O-])O. The van der Waals surface area contributed by atoms with E-state index in [9.17, 15) is 9.90 Å². The molecule has 1 aliphatic carbocycles. The molecule has 0 aromatic heterocycles. The van der Waals surface area contributed by atoms with Gasteiger partial charge in [0.2, 0.25) is 0 Å². The highest BCUT2D eigenvalue weighted by Crippen LogP contribution is 2.39. The number of carbonyl (C=O) groups is 1. The molecule has 2 aliphatic rings. The Bertz CT molecular complexity index is 1440. The van der Waals surface area contributed by atoms with Crippen molar-refractivity contribution in [3.05, 3.63) is 70.6 Å². The predicted molar refractivity (Wildman–Crippen MR) is 127 cm³/mol. The minimum Gasteiger partial charge on any atom is -0.478 e. The summed E-state index contributed by atoms with van der Waals surface area (Å²) in [6, 6.07) is 15.3. The van der Waals surface area contributed by atoms with Gasteiger partial charge in [0.15, 0.2) is 0 Å². The van der Waals surface area contributed by atoms with E-state index in [4.69, 9.17) is 23.1 Å². The van der Waals surface area contributed by atoms with Crippen molar-refractivity contribution >= 4 is 22.6 Å². The van der Waals surface area contributed by atoms with Gasteiger partial charge in [0, 0.05) is 41.9 Å². The lowest BCUT2D eigenvalue weighted by atomic mass is 9.88. The molecule has 0 amide bonds. The molecular formula is C26H27ClN2O7. The number of carboxylic acids is 1. The van der Waals surface area contributed by atoms with Gasteiger partial charge in [-0.2, -0.15) is 14.0 Å². The van der Waals surface area contributed by atoms with Crippen LogP contribution in [0, 0.1) is 24.1 Å². The molecular weight excluding hydrogens is 488 g/mol. The Morgan fingerprint density at radius 3 is 2.33 bits per heavy atom. The number of hydrogen-bond acceptors (Lipinski definition) is 8. The maximum Gasteiger partial charge on any atom is 0.336 e. The zero-order chi connectivity index (χ0) is 26.6. The van der Waals surface area contributed by atoms with Crippen molar-refractivity contribution in [2.75, 3.05) is 18.4 Å². The molecule has 2 aromatic rings. The Balaban J connectivity index is 0.000000658. The van der Waals surface area contributed by atoms with E-state index in [0.29, 0.717) is 17.9 Å². The topological polar surface area (TPSA) is 164 Å². The fourth-order valence-electron chi connectivity index (χ4n) is 4.13. The Hall–Kier alpha value is -3.47. The quantitative estimate of drug-likeness (QED) is 0.339. The van der Waals surface area contributed by atoms with E-state index in [-0.39, 0.29) is 5.56 Å². The van der Waals surface area contributed by atoms with Crippen LogP contribution in [0.4, 0.5) is 5.69 Å². The van der Waals surface area contributed by atoms with Gasteiger partial charge in [-0.05, 0) is 68.1 Å². The number of benzene rings is 3. The number of aryl methyl sites for hydroxylation is 1. The molecule has 1 heterocycles. The molecule has 0 spiro atoms. The van der Waals surface area contributed by atoms with Crippen LogP contribution in [0.5, 0.6) is 0 Å². The van der Waals surface area contributed by atoms with E-state index >= 15 is 0 Å². The van der Waals surface area contributed by atoms with Gasteiger partial charge in [-0.1, -0.05) is 18.2 Å². The first kappa shape index (κ1) is 27.1. The smallest absolute Gasteiger partial charge is 0.336 e. The third-order valence-corrected chi connectivity index (χ3v) is 5.56. The number of aromatic carboxylic acids is 1. The van der Waals surface area contributed by atoms with Crippen molar-refractivity contribution in [3.8, 4) is 22.5 Å². The molecule has 0 atom stereocenters. The van der Waals surface area contributed by atoms with E-state index in [1.165, 1.54) is 0 Å². The van der Waals surface area contributed by atoms with E-state index in [1.807, 2.05) is 38.1 Å². The summed E-state index contributed by atoms with van der Waals surface area (Å²) in [6.45, 7) is 9.56. The van der Waals surface area contributed by atoms with Crippen LogP contribution in [0.1, 0.15) is 35.3 Å². The Morgan fingerprint density at radius 1 is 1.06 bits per heavy atom. The highest BCUT2D eigenvalue weighted by molar-refractivity contribution is 6.01. The minimum atomic E-state index is -4.69. The van der Waals surface area contributed by atoms with E-state index in [2.05, 4.69) is 36.3 Å². The van der Waals surface area contributed by atoms with Crippen LogP contribution in [0.2, 0.25) is 0 Å². The average Bonchev–Trinajstić information content (AvgIpc) is 2.79. The van der Waals surface area contributed by atoms with Crippen molar-refractivity contribution < 1.29 is 43.2 Å². The number of hydrogen-bond donors (Lipinski definition) is 3. The van der Waals surface area contributed by atoms with Crippen LogP contribution in [-0.4, -0.2) is 28.8 Å². The molecule has 0 fully saturated rings. The van der Waals surface area contributed by atoms with Crippen LogP contribution in [0.3, 0.4) is 0 Å². The molecule has 36 heavy (non-hydrogen) atoms. The maximum absolute atomic E-state index is 12.0. The van der Waals surface area contributed by atoms with Gasteiger partial charge in [0.05, 0.1) is 25.8 Å². The van der Waals surface area contributed by atoms with Crippen LogP contribution in [0.15, 0.2) is 57.9 Å². The molecule has 4 rings (SSSR count). The zero-order valence-corrected chi connectivity index (χ0v) is 21.0. The third kappa shape index (κ3) is 6.20. The molecule has 2 aromatic carbocycles. The zero-order valence-electron chi connectivity index (χ0n) is 20.3. The first-order chi connectivity index (χ1) is 16.9. The molecule has 0 radical (unpaired) electrons. The average molecular weight is 515 g/mol. The second kappa shape index (κ2) is 11.1. The van der Waals surface area contributed by atoms with Gasteiger partial charge in [-0.3, -0.25) is 4.99 Å². The van der Waals surface area contributed by atoms with Gasteiger partial charge in [0.1, 0.15) is 11.3 Å². The maximum atomic E-state index is 12.0. The third-order valence-electron chi connectivity index (χ3n) is 5.56. The minimum absolute atomic E-state index is 0.263. The number of carboxylic acid groups (broad SMARTS) is 1. The lowest BCUT2D eigenvalue weighted by Crippen LogP contribution is -2.58. The van der Waals surface area contributed by atoms with Crippen molar-refractivity contribution in [1.29, 1.82) is 0 Å². The Kier molecular flexibility index (Phi) is 8.34. The number of nitrogens with zero attached hydrogens (tertiary/aromatic N) is 1. The van der Waals surface area contributed by atoms with E-state index in [0.717, 1.165) is 50.8 Å².